The molecule has 0 aliphatic rings. The van der Waals surface area contributed by atoms with Gasteiger partial charge in [-0.2, -0.15) is 0 Å². The molecule has 0 saturated heterocycles. The zero-order chi connectivity index (χ0) is 15.7. The molecule has 1 N–H and O–H groups in total. The van der Waals surface area contributed by atoms with Crippen LogP contribution >= 0.6 is 39.1 Å². The van der Waals surface area contributed by atoms with E-state index in [1.807, 2.05) is 30.3 Å². The molecule has 0 fully saturated rings. The number of nitrogens with zero attached hydrogens (tertiary/aromatic N) is 1. The Kier molecular flexibility index (Phi) is 4.34. The molecule has 0 amide bonds. The molecule has 3 aromatic rings. The Morgan fingerprint density at radius 2 is 1.73 bits per heavy atom. The first kappa shape index (κ1) is 15.3. The van der Waals surface area contributed by atoms with Crippen LogP contribution in [0.1, 0.15) is 11.3 Å². The van der Waals surface area contributed by atoms with Crippen molar-refractivity contribution in [1.82, 2.24) is 9.97 Å². The normalized spacial score (nSPS) is 11.4. The average molecular weight is 396 g/mol. The van der Waals surface area contributed by atoms with Gasteiger partial charge in [-0.3, -0.25) is 4.79 Å². The van der Waals surface area contributed by atoms with Crippen LogP contribution in [0.25, 0.3) is 23.2 Å². The van der Waals surface area contributed by atoms with E-state index in [-0.39, 0.29) is 5.56 Å². The number of nitrogens with one attached hydrogen (secondary N) is 1. The van der Waals surface area contributed by atoms with Crippen LogP contribution in [0.15, 0.2) is 45.7 Å². The number of hydrogen-bond acceptors (Lipinski definition) is 2. The van der Waals surface area contributed by atoms with Gasteiger partial charge >= 0.3 is 0 Å². The van der Waals surface area contributed by atoms with E-state index in [1.54, 1.807) is 18.2 Å². The minimum atomic E-state index is -0.278. The smallest absolute Gasteiger partial charge is 0.274 e. The number of aromatic amines is 1. The van der Waals surface area contributed by atoms with Crippen LogP contribution in [0.3, 0.4) is 0 Å². The molecule has 22 heavy (non-hydrogen) atoms. The Hall–Kier alpha value is -1.62. The predicted molar refractivity (Wildman–Crippen MR) is 95.5 cm³/mol. The highest BCUT2D eigenvalue weighted by Gasteiger charge is 2.06. The summed E-state index contributed by atoms with van der Waals surface area (Å²) in [6.45, 7) is 0. The summed E-state index contributed by atoms with van der Waals surface area (Å²) in [4.78, 5) is 19.1. The van der Waals surface area contributed by atoms with E-state index in [2.05, 4.69) is 25.9 Å². The number of hydrogen-bond donors (Lipinski definition) is 1. The summed E-state index contributed by atoms with van der Waals surface area (Å²) in [6, 6.07) is 11.0. The van der Waals surface area contributed by atoms with Crippen LogP contribution in [-0.2, 0) is 0 Å². The van der Waals surface area contributed by atoms with Crippen molar-refractivity contribution in [2.45, 2.75) is 0 Å². The maximum Gasteiger partial charge on any atom is 0.274 e. The highest BCUT2D eigenvalue weighted by atomic mass is 79.9. The topological polar surface area (TPSA) is 45.8 Å². The number of rotatable bonds is 2. The highest BCUT2D eigenvalue weighted by Crippen LogP contribution is 2.25. The van der Waals surface area contributed by atoms with Gasteiger partial charge in [-0.1, -0.05) is 57.3 Å². The molecule has 0 aliphatic carbocycles. The van der Waals surface area contributed by atoms with Gasteiger partial charge in [0.05, 0.1) is 21.1 Å². The standard InChI is InChI=1S/C16H9BrCl2N2O/c17-10-4-1-9(2-5-10)3-6-13-16(22)21-15-8-12(19)11(18)7-14(15)20-13/h1-8H,(H,21,22). The van der Waals surface area contributed by atoms with Crippen LogP contribution in [0, 0.1) is 0 Å². The number of H-pyrrole nitrogens is 1. The second-order valence-electron chi connectivity index (χ2n) is 4.62. The molecule has 0 unspecified atom stereocenters. The monoisotopic (exact) mass is 394 g/mol. The molecule has 2 aromatic carbocycles. The molecule has 1 heterocycles. The van der Waals surface area contributed by atoms with E-state index in [0.717, 1.165) is 10.0 Å². The van der Waals surface area contributed by atoms with Gasteiger partial charge in [0.2, 0.25) is 0 Å². The van der Waals surface area contributed by atoms with Gasteiger partial charge in [-0.05, 0) is 35.9 Å². The highest BCUT2D eigenvalue weighted by molar-refractivity contribution is 9.10. The summed E-state index contributed by atoms with van der Waals surface area (Å²) in [5.74, 6) is 0. The molecule has 0 aliphatic heterocycles. The molecule has 6 heteroatoms. The van der Waals surface area contributed by atoms with Crippen molar-refractivity contribution in [3.05, 3.63) is 72.5 Å². The SMILES string of the molecule is O=c1[nH]c2cc(Cl)c(Cl)cc2nc1C=Cc1ccc(Br)cc1. The second-order valence-corrected chi connectivity index (χ2v) is 6.35. The van der Waals surface area contributed by atoms with E-state index in [0.29, 0.717) is 26.8 Å². The molecular weight excluding hydrogens is 387 g/mol. The van der Waals surface area contributed by atoms with Gasteiger partial charge in [0, 0.05) is 4.47 Å². The molecule has 110 valence electrons. The molecule has 0 radical (unpaired) electrons. The first-order valence-electron chi connectivity index (χ1n) is 6.36. The summed E-state index contributed by atoms with van der Waals surface area (Å²) >= 11 is 15.3. The summed E-state index contributed by atoms with van der Waals surface area (Å²) in [6.07, 6.45) is 3.50. The van der Waals surface area contributed by atoms with Gasteiger partial charge in [-0.15, -0.1) is 0 Å². The van der Waals surface area contributed by atoms with Crippen molar-refractivity contribution < 1.29 is 0 Å². The summed E-state index contributed by atoms with van der Waals surface area (Å²) in [7, 11) is 0. The van der Waals surface area contributed by atoms with E-state index in [1.165, 1.54) is 0 Å². The summed E-state index contributed by atoms with van der Waals surface area (Å²) < 4.78 is 0.998. The molecule has 0 atom stereocenters. The lowest BCUT2D eigenvalue weighted by molar-refractivity contribution is 1.19. The van der Waals surface area contributed by atoms with Crippen molar-refractivity contribution in [3.8, 4) is 0 Å². The van der Waals surface area contributed by atoms with Crippen molar-refractivity contribution in [1.29, 1.82) is 0 Å². The Bertz CT molecular complexity index is 933. The third-order valence-corrected chi connectivity index (χ3v) is 4.31. The zero-order valence-corrected chi connectivity index (χ0v) is 14.2. The van der Waals surface area contributed by atoms with E-state index in [4.69, 9.17) is 23.2 Å². The average Bonchev–Trinajstić information content (AvgIpc) is 2.49. The molecule has 3 nitrogen and oxygen atoms in total. The zero-order valence-electron chi connectivity index (χ0n) is 11.1. The Morgan fingerprint density at radius 3 is 2.45 bits per heavy atom. The quantitative estimate of drug-likeness (QED) is 0.651. The molecular formula is C16H9BrCl2N2O. The van der Waals surface area contributed by atoms with Gasteiger partial charge in [0.15, 0.2) is 0 Å². The van der Waals surface area contributed by atoms with Gasteiger partial charge in [0.25, 0.3) is 5.56 Å². The fourth-order valence-corrected chi connectivity index (χ4v) is 2.54. The minimum absolute atomic E-state index is 0.278. The lowest BCUT2D eigenvalue weighted by atomic mass is 10.2. The third-order valence-electron chi connectivity index (χ3n) is 3.06. The second kappa shape index (κ2) is 6.24. The fraction of sp³-hybridized carbons (Fsp3) is 0. The number of fused-ring (bicyclic) bond motifs is 1. The van der Waals surface area contributed by atoms with Crippen LogP contribution < -0.4 is 5.56 Å². The number of benzene rings is 2. The summed E-state index contributed by atoms with van der Waals surface area (Å²) in [5.41, 5.74) is 2.15. The first-order valence-corrected chi connectivity index (χ1v) is 7.90. The Morgan fingerprint density at radius 1 is 1.05 bits per heavy atom. The van der Waals surface area contributed by atoms with E-state index < -0.39 is 0 Å². The van der Waals surface area contributed by atoms with Crippen molar-refractivity contribution in [2.75, 3.05) is 0 Å². The van der Waals surface area contributed by atoms with Crippen molar-refractivity contribution in [2.24, 2.45) is 0 Å². The molecule has 3 rings (SSSR count). The largest absolute Gasteiger partial charge is 0.319 e. The molecule has 1 aromatic heterocycles. The first-order chi connectivity index (χ1) is 10.5. The van der Waals surface area contributed by atoms with Crippen LogP contribution in [-0.4, -0.2) is 9.97 Å². The Balaban J connectivity index is 2.03. The lowest BCUT2D eigenvalue weighted by Gasteiger charge is -2.02. The Labute approximate surface area is 144 Å². The molecule has 0 saturated carbocycles. The fourth-order valence-electron chi connectivity index (χ4n) is 1.96. The van der Waals surface area contributed by atoms with Crippen molar-refractivity contribution in [3.63, 3.8) is 0 Å². The number of aromatic nitrogens is 2. The maximum absolute atomic E-state index is 12.1. The molecule has 0 spiro atoms. The third kappa shape index (κ3) is 3.24. The van der Waals surface area contributed by atoms with Gasteiger partial charge in [-0.25, -0.2) is 4.98 Å². The maximum atomic E-state index is 12.1. The summed E-state index contributed by atoms with van der Waals surface area (Å²) in [5, 5.41) is 0.779. The van der Waals surface area contributed by atoms with Crippen LogP contribution in [0.2, 0.25) is 10.0 Å². The minimum Gasteiger partial charge on any atom is -0.319 e. The van der Waals surface area contributed by atoms with Crippen molar-refractivity contribution >= 4 is 62.3 Å². The molecule has 0 bridgehead atoms. The van der Waals surface area contributed by atoms with E-state index >= 15 is 0 Å². The van der Waals surface area contributed by atoms with Gasteiger partial charge < -0.3 is 4.98 Å². The number of halogens is 3. The van der Waals surface area contributed by atoms with E-state index in [9.17, 15) is 4.79 Å². The predicted octanol–water partition coefficient (Wildman–Crippen LogP) is 5.16. The van der Waals surface area contributed by atoms with Gasteiger partial charge in [0.1, 0.15) is 5.69 Å². The van der Waals surface area contributed by atoms with Crippen LogP contribution in [0.4, 0.5) is 0 Å². The van der Waals surface area contributed by atoms with Crippen LogP contribution in [0.5, 0.6) is 0 Å². The lowest BCUT2D eigenvalue weighted by Crippen LogP contribution is -2.11.